The van der Waals surface area contributed by atoms with Gasteiger partial charge in [-0.25, -0.2) is 0 Å². The fraction of sp³-hybridized carbons (Fsp3) is 1.00. The maximum absolute atomic E-state index is 11.4. The van der Waals surface area contributed by atoms with E-state index in [4.69, 9.17) is 8.92 Å². The Morgan fingerprint density at radius 1 is 0.625 bits per heavy atom. The van der Waals surface area contributed by atoms with Crippen LogP contribution in [0.4, 0.5) is 0 Å². The van der Waals surface area contributed by atoms with Crippen molar-refractivity contribution in [2.45, 2.75) is 142 Å². The van der Waals surface area contributed by atoms with Gasteiger partial charge in [0.2, 0.25) is 0 Å². The van der Waals surface area contributed by atoms with Crippen LogP contribution in [-0.2, 0) is 19.0 Å². The summed E-state index contributed by atoms with van der Waals surface area (Å²) in [5.74, 6) is 0. The van der Waals surface area contributed by atoms with E-state index in [-0.39, 0.29) is 42.6 Å². The molecule has 0 aromatic carbocycles. The standard InChI is InChI=1S/C21H44O4S.C4H10O.Na.H/c1-3-5-6-7-8-9-10-11-12-13-14-15-16-17-18-19-20-25-26(23,24)21(22)4-2;1-3-5-4-2;;/h21-22H,3-20H2,1-2H3;3-4H2,1-2H3;;. The van der Waals surface area contributed by atoms with Crippen LogP contribution >= 0.6 is 0 Å². The molecule has 0 saturated carbocycles. The number of hydrogen-bond acceptors (Lipinski definition) is 5. The summed E-state index contributed by atoms with van der Waals surface area (Å²) in [4.78, 5) is 0. The van der Waals surface area contributed by atoms with Crippen molar-refractivity contribution in [2.24, 2.45) is 0 Å². The SMILES string of the molecule is CCCCCCCCCCCCCCCCCCOS(=O)(=O)C(O)CC.CCOCC.[NaH]. The van der Waals surface area contributed by atoms with Crippen LogP contribution in [0, 0.1) is 0 Å². The molecule has 0 aliphatic heterocycles. The monoisotopic (exact) mass is 490 g/mol. The molecular weight excluding hydrogens is 435 g/mol. The summed E-state index contributed by atoms with van der Waals surface area (Å²) in [6.07, 6.45) is 20.8. The third kappa shape index (κ3) is 28.9. The predicted octanol–water partition coefficient (Wildman–Crippen LogP) is 6.72. The van der Waals surface area contributed by atoms with Crippen molar-refractivity contribution in [1.29, 1.82) is 0 Å². The second-order valence-electron chi connectivity index (χ2n) is 8.26. The van der Waals surface area contributed by atoms with Crippen molar-refractivity contribution >= 4 is 39.7 Å². The zero-order chi connectivity index (χ0) is 23.6. The molecule has 1 unspecified atom stereocenters. The Hall–Kier alpha value is 0.830. The molecule has 0 aromatic rings. The summed E-state index contributed by atoms with van der Waals surface area (Å²) in [5, 5.41) is 9.31. The number of hydrogen-bond donors (Lipinski definition) is 1. The number of ether oxygens (including phenoxy) is 1. The van der Waals surface area contributed by atoms with Crippen LogP contribution in [0.1, 0.15) is 137 Å². The van der Waals surface area contributed by atoms with E-state index in [2.05, 4.69) is 6.92 Å². The van der Waals surface area contributed by atoms with Crippen molar-refractivity contribution in [3.63, 3.8) is 0 Å². The normalized spacial score (nSPS) is 12.0. The molecule has 0 heterocycles. The zero-order valence-corrected chi connectivity index (χ0v) is 22.0. The van der Waals surface area contributed by atoms with E-state index in [0.717, 1.165) is 32.5 Å². The third-order valence-corrected chi connectivity index (χ3v) is 6.83. The first-order valence-corrected chi connectivity index (χ1v) is 14.6. The second-order valence-corrected chi connectivity index (χ2v) is 10.0. The Balaban J connectivity index is -0.00000125. The Labute approximate surface area is 223 Å². The first-order valence-electron chi connectivity index (χ1n) is 13.1. The molecule has 0 bridgehead atoms. The average Bonchev–Trinajstić information content (AvgIpc) is 2.76. The van der Waals surface area contributed by atoms with E-state index < -0.39 is 15.6 Å². The van der Waals surface area contributed by atoms with Crippen LogP contribution in [0.5, 0.6) is 0 Å². The Bertz CT molecular complexity index is 430. The van der Waals surface area contributed by atoms with Crippen molar-refractivity contribution in [2.75, 3.05) is 19.8 Å². The molecule has 32 heavy (non-hydrogen) atoms. The summed E-state index contributed by atoms with van der Waals surface area (Å²) in [7, 11) is -3.78. The minimum atomic E-state index is -3.78. The van der Waals surface area contributed by atoms with E-state index in [1.165, 1.54) is 83.5 Å². The van der Waals surface area contributed by atoms with E-state index in [1.54, 1.807) is 6.92 Å². The topological polar surface area (TPSA) is 72.8 Å². The van der Waals surface area contributed by atoms with Gasteiger partial charge >= 0.3 is 29.6 Å². The maximum atomic E-state index is 11.4. The van der Waals surface area contributed by atoms with Gasteiger partial charge in [-0.15, -0.1) is 0 Å². The van der Waals surface area contributed by atoms with Gasteiger partial charge in [0.25, 0.3) is 10.1 Å². The fourth-order valence-electron chi connectivity index (χ4n) is 3.31. The Morgan fingerprint density at radius 2 is 0.969 bits per heavy atom. The fourth-order valence-corrected chi connectivity index (χ4v) is 4.23. The quantitative estimate of drug-likeness (QED) is 0.104. The summed E-state index contributed by atoms with van der Waals surface area (Å²) in [5.41, 5.74) is -1.39. The van der Waals surface area contributed by atoms with E-state index in [0.29, 0.717) is 0 Å². The van der Waals surface area contributed by atoms with Crippen molar-refractivity contribution < 1.29 is 22.4 Å². The average molecular weight is 491 g/mol. The Kier molecular flexibility index (Phi) is 34.9. The van der Waals surface area contributed by atoms with Crippen LogP contribution in [0.2, 0.25) is 0 Å². The van der Waals surface area contributed by atoms with Gasteiger partial charge in [0, 0.05) is 13.2 Å². The van der Waals surface area contributed by atoms with Gasteiger partial charge in [0.15, 0.2) is 5.44 Å². The number of unbranched alkanes of at least 4 members (excludes halogenated alkanes) is 15. The molecular formula is C25H55NaO5S. The van der Waals surface area contributed by atoms with E-state index >= 15 is 0 Å². The summed E-state index contributed by atoms with van der Waals surface area (Å²) in [6.45, 7) is 9.75. The molecule has 5 nitrogen and oxygen atoms in total. The van der Waals surface area contributed by atoms with Crippen molar-refractivity contribution in [3.8, 4) is 0 Å². The van der Waals surface area contributed by atoms with Gasteiger partial charge in [-0.1, -0.05) is 110 Å². The molecule has 0 aliphatic carbocycles. The third-order valence-electron chi connectivity index (χ3n) is 5.34. The summed E-state index contributed by atoms with van der Waals surface area (Å²) in [6, 6.07) is 0. The van der Waals surface area contributed by atoms with Crippen LogP contribution in [0.15, 0.2) is 0 Å². The van der Waals surface area contributed by atoms with Crippen molar-refractivity contribution in [1.82, 2.24) is 0 Å². The molecule has 0 amide bonds. The van der Waals surface area contributed by atoms with E-state index in [1.807, 2.05) is 13.8 Å². The number of rotatable bonds is 22. The molecule has 0 saturated heterocycles. The predicted molar refractivity (Wildman–Crippen MR) is 140 cm³/mol. The summed E-state index contributed by atoms with van der Waals surface area (Å²) < 4.78 is 32.6. The van der Waals surface area contributed by atoms with Crippen LogP contribution in [0.3, 0.4) is 0 Å². The van der Waals surface area contributed by atoms with Gasteiger partial charge in [-0.3, -0.25) is 4.18 Å². The van der Waals surface area contributed by atoms with Crippen LogP contribution in [-0.4, -0.2) is 68.3 Å². The Morgan fingerprint density at radius 3 is 1.25 bits per heavy atom. The zero-order valence-electron chi connectivity index (χ0n) is 21.2. The number of aliphatic hydroxyl groups excluding tert-OH is 1. The molecule has 192 valence electrons. The van der Waals surface area contributed by atoms with Crippen molar-refractivity contribution in [3.05, 3.63) is 0 Å². The summed E-state index contributed by atoms with van der Waals surface area (Å²) >= 11 is 0. The first-order chi connectivity index (χ1) is 15.0. The van der Waals surface area contributed by atoms with Gasteiger partial charge in [-0.05, 0) is 26.7 Å². The molecule has 0 spiro atoms. The molecule has 0 fully saturated rings. The van der Waals surface area contributed by atoms with Gasteiger partial charge in [0.1, 0.15) is 0 Å². The number of aliphatic hydroxyl groups is 1. The molecule has 1 atom stereocenters. The molecule has 7 heteroatoms. The molecule has 0 aliphatic rings. The first kappa shape index (κ1) is 37.4. The van der Waals surface area contributed by atoms with Gasteiger partial charge < -0.3 is 9.84 Å². The van der Waals surface area contributed by atoms with Crippen LogP contribution < -0.4 is 0 Å². The molecule has 0 rings (SSSR count). The van der Waals surface area contributed by atoms with Crippen LogP contribution in [0.25, 0.3) is 0 Å². The minimum absolute atomic E-state index is 0. The second kappa shape index (κ2) is 29.9. The molecule has 0 radical (unpaired) electrons. The molecule has 0 aromatic heterocycles. The van der Waals surface area contributed by atoms with Gasteiger partial charge in [-0.2, -0.15) is 8.42 Å². The molecule has 1 N–H and O–H groups in total. The van der Waals surface area contributed by atoms with E-state index in [9.17, 15) is 13.5 Å². The van der Waals surface area contributed by atoms with Gasteiger partial charge in [0.05, 0.1) is 6.61 Å².